The zero-order chi connectivity index (χ0) is 41.5. The van der Waals surface area contributed by atoms with E-state index in [0.717, 1.165) is 24.8 Å². The van der Waals surface area contributed by atoms with Crippen LogP contribution in [-0.2, 0) is 35.3 Å². The van der Waals surface area contributed by atoms with Gasteiger partial charge in [-0.15, -0.1) is 0 Å². The van der Waals surface area contributed by atoms with Gasteiger partial charge < -0.3 is 31.3 Å². The van der Waals surface area contributed by atoms with Crippen LogP contribution in [-0.4, -0.2) is 78.3 Å². The SMILES string of the molecule is CC.CC(=O)C(CC1CCC1)NC(=O)[C@@H]1CCCN1C(=O)C(NC(=O)NCC(=O)OCc1ccccc1)C(C)(C)C.CCC.FC(F)(F)C1CC1.NC=O. The molecule has 12 nitrogen and oxygen atoms in total. The number of Topliss-reactive ketones (excluding diaryl/α,β-unsaturated/α-hetero) is 1. The maximum Gasteiger partial charge on any atom is 0.391 e. The van der Waals surface area contributed by atoms with E-state index in [1.54, 1.807) is 0 Å². The number of hydrogen-bond donors (Lipinski definition) is 4. The molecule has 2 aliphatic carbocycles. The van der Waals surface area contributed by atoms with Gasteiger partial charge in [-0.1, -0.05) is 104 Å². The van der Waals surface area contributed by atoms with Crippen molar-refractivity contribution in [3.63, 3.8) is 0 Å². The first-order chi connectivity index (χ1) is 25.4. The number of carbonyl (C=O) groups is 6. The molecule has 0 spiro atoms. The molecule has 308 valence electrons. The molecule has 0 radical (unpaired) electrons. The van der Waals surface area contributed by atoms with Gasteiger partial charge in [-0.25, -0.2) is 4.79 Å². The van der Waals surface area contributed by atoms with Gasteiger partial charge in [0.15, 0.2) is 5.78 Å². The highest BCUT2D eigenvalue weighted by molar-refractivity contribution is 5.95. The fourth-order valence-corrected chi connectivity index (χ4v) is 5.31. The Hall–Kier alpha value is -4.17. The lowest BCUT2D eigenvalue weighted by Crippen LogP contribution is -2.60. The summed E-state index contributed by atoms with van der Waals surface area (Å²) < 4.78 is 38.9. The number of nitrogens with two attached hydrogens (primary N) is 1. The minimum absolute atomic E-state index is 0.0840. The van der Waals surface area contributed by atoms with Crippen molar-refractivity contribution < 1.29 is 46.7 Å². The Labute approximate surface area is 319 Å². The van der Waals surface area contributed by atoms with Crippen molar-refractivity contribution in [3.05, 3.63) is 35.9 Å². The van der Waals surface area contributed by atoms with E-state index in [1.807, 2.05) is 65.0 Å². The lowest BCUT2D eigenvalue weighted by atomic mass is 9.80. The average molecular weight is 772 g/mol. The molecule has 2 unspecified atom stereocenters. The van der Waals surface area contributed by atoms with Crippen LogP contribution in [0.2, 0.25) is 0 Å². The van der Waals surface area contributed by atoms with Gasteiger partial charge in [-0.3, -0.25) is 24.0 Å². The number of nitrogens with one attached hydrogen (secondary N) is 3. The van der Waals surface area contributed by atoms with E-state index in [-0.39, 0.29) is 37.2 Å². The molecule has 1 heterocycles. The first-order valence-electron chi connectivity index (χ1n) is 19.0. The van der Waals surface area contributed by atoms with E-state index in [4.69, 9.17) is 9.53 Å². The maximum atomic E-state index is 13.6. The van der Waals surface area contributed by atoms with Crippen LogP contribution >= 0.6 is 0 Å². The zero-order valence-electron chi connectivity index (χ0n) is 33.4. The third-order valence-electron chi connectivity index (χ3n) is 8.50. The van der Waals surface area contributed by atoms with Gasteiger partial charge in [0.2, 0.25) is 18.2 Å². The summed E-state index contributed by atoms with van der Waals surface area (Å²) in [5, 5.41) is 8.03. The predicted octanol–water partition coefficient (Wildman–Crippen LogP) is 6.20. The number of ether oxygens (including phenoxy) is 1. The van der Waals surface area contributed by atoms with Crippen LogP contribution in [0.25, 0.3) is 0 Å². The molecular weight excluding hydrogens is 707 g/mol. The van der Waals surface area contributed by atoms with Gasteiger partial charge >= 0.3 is 18.2 Å². The predicted molar refractivity (Wildman–Crippen MR) is 202 cm³/mol. The molecule has 0 aromatic heterocycles. The Morgan fingerprint density at radius 3 is 1.93 bits per heavy atom. The molecule has 54 heavy (non-hydrogen) atoms. The van der Waals surface area contributed by atoms with Crippen LogP contribution in [0.15, 0.2) is 30.3 Å². The summed E-state index contributed by atoms with van der Waals surface area (Å²) in [5.41, 5.74) is 4.33. The van der Waals surface area contributed by atoms with Crippen LogP contribution in [0.1, 0.15) is 119 Å². The molecular formula is C39H64F3N5O7. The lowest BCUT2D eigenvalue weighted by molar-refractivity contribution is -0.147. The van der Waals surface area contributed by atoms with Crippen molar-refractivity contribution in [1.29, 1.82) is 0 Å². The summed E-state index contributed by atoms with van der Waals surface area (Å²) in [6.07, 6.45) is 3.36. The summed E-state index contributed by atoms with van der Waals surface area (Å²) in [7, 11) is 0. The number of likely N-dealkylation sites (tertiary alicyclic amines) is 1. The molecule has 1 aromatic rings. The van der Waals surface area contributed by atoms with Crippen molar-refractivity contribution >= 4 is 36.0 Å². The zero-order valence-corrected chi connectivity index (χ0v) is 33.4. The Kier molecular flexibility index (Phi) is 23.8. The molecule has 0 bridgehead atoms. The molecule has 5 amide bonds. The summed E-state index contributed by atoms with van der Waals surface area (Å²) in [6.45, 7) is 15.3. The second kappa shape index (κ2) is 25.8. The van der Waals surface area contributed by atoms with E-state index >= 15 is 0 Å². The van der Waals surface area contributed by atoms with Gasteiger partial charge in [-0.05, 0) is 55.9 Å². The lowest BCUT2D eigenvalue weighted by Gasteiger charge is -2.36. The Morgan fingerprint density at radius 2 is 1.50 bits per heavy atom. The molecule has 1 aliphatic heterocycles. The monoisotopic (exact) mass is 771 g/mol. The van der Waals surface area contributed by atoms with Gasteiger partial charge in [-0.2, -0.15) is 13.2 Å². The molecule has 3 aliphatic rings. The number of carbonyl (C=O) groups excluding carboxylic acids is 6. The van der Waals surface area contributed by atoms with E-state index in [9.17, 15) is 37.1 Å². The number of ketones is 1. The quantitative estimate of drug-likeness (QED) is 0.153. The summed E-state index contributed by atoms with van der Waals surface area (Å²) in [4.78, 5) is 73.8. The van der Waals surface area contributed by atoms with E-state index in [1.165, 1.54) is 18.2 Å². The molecule has 2 saturated carbocycles. The highest BCUT2D eigenvalue weighted by Gasteiger charge is 2.47. The van der Waals surface area contributed by atoms with Gasteiger partial charge in [0.1, 0.15) is 25.2 Å². The number of primary amides is 1. The first-order valence-corrected chi connectivity index (χ1v) is 19.0. The van der Waals surface area contributed by atoms with Gasteiger partial charge in [0.25, 0.3) is 0 Å². The smallest absolute Gasteiger partial charge is 0.391 e. The Balaban J connectivity index is 0.00000158. The molecule has 5 N–H and O–H groups in total. The number of nitrogens with zero attached hydrogens (tertiary/aromatic N) is 1. The highest BCUT2D eigenvalue weighted by atomic mass is 19.4. The second-order valence-electron chi connectivity index (χ2n) is 14.3. The third-order valence-corrected chi connectivity index (χ3v) is 8.50. The second-order valence-corrected chi connectivity index (χ2v) is 14.3. The Bertz CT molecular complexity index is 1280. The van der Waals surface area contributed by atoms with Crippen LogP contribution < -0.4 is 21.7 Å². The van der Waals surface area contributed by atoms with E-state index in [0.29, 0.717) is 44.6 Å². The van der Waals surface area contributed by atoms with Crippen molar-refractivity contribution in [2.45, 2.75) is 144 Å². The number of benzene rings is 1. The normalized spacial score (nSPS) is 17.2. The first kappa shape index (κ1) is 49.8. The van der Waals surface area contributed by atoms with Crippen LogP contribution in [0.4, 0.5) is 18.0 Å². The van der Waals surface area contributed by atoms with Crippen LogP contribution in [0, 0.1) is 17.3 Å². The number of alkyl halides is 3. The topological polar surface area (TPSA) is 177 Å². The number of halogens is 3. The van der Waals surface area contributed by atoms with Crippen LogP contribution in [0.5, 0.6) is 0 Å². The number of amides is 5. The minimum atomic E-state index is -3.89. The fraction of sp³-hybridized carbons (Fsp3) is 0.692. The van der Waals surface area contributed by atoms with Gasteiger partial charge in [0.05, 0.1) is 12.0 Å². The third kappa shape index (κ3) is 19.8. The summed E-state index contributed by atoms with van der Waals surface area (Å²) in [6, 6.07) is 6.31. The molecule has 1 aromatic carbocycles. The summed E-state index contributed by atoms with van der Waals surface area (Å²) in [5.74, 6) is -1.90. The molecule has 3 atom stereocenters. The van der Waals surface area contributed by atoms with Crippen molar-refractivity contribution in [2.75, 3.05) is 13.1 Å². The van der Waals surface area contributed by atoms with Crippen LogP contribution in [0.3, 0.4) is 0 Å². The maximum absolute atomic E-state index is 13.6. The number of hydrogen-bond acceptors (Lipinski definition) is 7. The number of esters is 1. The molecule has 1 saturated heterocycles. The van der Waals surface area contributed by atoms with Crippen molar-refractivity contribution in [3.8, 4) is 0 Å². The summed E-state index contributed by atoms with van der Waals surface area (Å²) >= 11 is 0. The Morgan fingerprint density at radius 1 is 0.944 bits per heavy atom. The molecule has 4 rings (SSSR count). The van der Waals surface area contributed by atoms with Gasteiger partial charge in [0, 0.05) is 6.54 Å². The number of urea groups is 1. The fourth-order valence-electron chi connectivity index (χ4n) is 5.31. The van der Waals surface area contributed by atoms with E-state index < -0.39 is 47.6 Å². The molecule has 3 fully saturated rings. The molecule has 15 heteroatoms. The number of rotatable bonds is 11. The van der Waals surface area contributed by atoms with E-state index in [2.05, 4.69) is 35.5 Å². The van der Waals surface area contributed by atoms with Crippen molar-refractivity contribution in [1.82, 2.24) is 20.9 Å². The largest absolute Gasteiger partial charge is 0.460 e. The minimum Gasteiger partial charge on any atom is -0.460 e. The highest BCUT2D eigenvalue weighted by Crippen LogP contribution is 2.43. The van der Waals surface area contributed by atoms with Crippen molar-refractivity contribution in [2.24, 2.45) is 23.0 Å². The standard InChI is InChI=1S/C29H42N4O6.C4H5F3.C3H8.C2H6.CH3NO/c1-19(34)22(16-20-12-8-13-20)31-26(36)23-14-9-15-33(23)27(37)25(29(2,3)4)32-28(38)30-17-24(35)39-18-21-10-6-5-7-11-21;5-4(6,7)3-1-2-3;1-3-2;1-2;2-1-3/h5-7,10-11,20,22-23,25H,8-9,12-18H2,1-4H3,(H,31,36)(H2,30,32,38);3H,1-2H2;3H2,1-2H3;1-2H3;1H,(H2,2,3)/t22?,23-,25?;;;;/m0..../s1. The average Bonchev–Trinajstić information content (AvgIpc) is 3.85.